The molecule has 1 aliphatic rings. The van der Waals surface area contributed by atoms with Gasteiger partial charge in [0.15, 0.2) is 0 Å². The van der Waals surface area contributed by atoms with Gasteiger partial charge in [0, 0.05) is 25.4 Å². The molecule has 0 aliphatic carbocycles. The number of aromatic nitrogens is 3. The van der Waals surface area contributed by atoms with Crippen LogP contribution in [0.1, 0.15) is 30.3 Å². The zero-order valence-corrected chi connectivity index (χ0v) is 17.6. The van der Waals surface area contributed by atoms with E-state index in [0.29, 0.717) is 17.5 Å². The Balaban J connectivity index is 1.43. The second-order valence-electron chi connectivity index (χ2n) is 7.35. The molecule has 3 heterocycles. The summed E-state index contributed by atoms with van der Waals surface area (Å²) in [6.07, 6.45) is 3.66. The van der Waals surface area contributed by atoms with E-state index in [1.807, 2.05) is 12.1 Å². The molecule has 1 N–H and O–H groups in total. The quantitative estimate of drug-likeness (QED) is 0.590. The van der Waals surface area contributed by atoms with Gasteiger partial charge >= 0.3 is 0 Å². The van der Waals surface area contributed by atoms with Crippen LogP contribution < -0.4 is 10.1 Å². The van der Waals surface area contributed by atoms with Crippen LogP contribution in [-0.4, -0.2) is 53.3 Å². The fourth-order valence-corrected chi connectivity index (χ4v) is 3.66. The van der Waals surface area contributed by atoms with E-state index in [0.717, 1.165) is 37.2 Å². The monoisotopic (exact) mass is 423 g/mol. The Morgan fingerprint density at radius 2 is 2.06 bits per heavy atom. The van der Waals surface area contributed by atoms with Crippen molar-refractivity contribution in [2.24, 2.45) is 0 Å². The normalized spacial score (nSPS) is 16.4. The molecule has 1 amide bonds. The fraction of sp³-hybridized carbons (Fsp3) is 0.364. The number of anilines is 1. The number of ether oxygens (including phenoxy) is 2. The van der Waals surface area contributed by atoms with Crippen molar-refractivity contribution < 1.29 is 18.8 Å². The number of pyridine rings is 1. The number of carbonyl (C=O) groups is 1. The molecular formula is C22H25N5O4. The number of likely N-dealkylation sites (tertiary alicyclic amines) is 1. The highest BCUT2D eigenvalue weighted by atomic mass is 16.5. The predicted molar refractivity (Wildman–Crippen MR) is 113 cm³/mol. The fourth-order valence-electron chi connectivity index (χ4n) is 3.66. The first-order chi connectivity index (χ1) is 15.2. The summed E-state index contributed by atoms with van der Waals surface area (Å²) in [7, 11) is 3.13. The van der Waals surface area contributed by atoms with Crippen LogP contribution >= 0.6 is 0 Å². The molecule has 1 aromatic carbocycles. The molecule has 1 fully saturated rings. The van der Waals surface area contributed by atoms with Gasteiger partial charge in [0.1, 0.15) is 18.2 Å². The zero-order chi connectivity index (χ0) is 21.6. The molecule has 1 atom stereocenters. The predicted octanol–water partition coefficient (Wildman–Crippen LogP) is 3.06. The number of methoxy groups -OCH3 is 2. The molecule has 1 aliphatic heterocycles. The average molecular weight is 423 g/mol. The highest BCUT2D eigenvalue weighted by Crippen LogP contribution is 2.33. The summed E-state index contributed by atoms with van der Waals surface area (Å²) in [6, 6.07) is 11.7. The third-order valence-corrected chi connectivity index (χ3v) is 5.20. The van der Waals surface area contributed by atoms with Crippen LogP contribution in [0.4, 0.5) is 5.82 Å². The smallest absolute Gasteiger partial charge is 0.251 e. The molecule has 0 unspecified atom stereocenters. The van der Waals surface area contributed by atoms with Crippen LogP contribution in [0.5, 0.6) is 5.75 Å². The standard InChI is InChI=1S/C22H25N5O4/c1-29-14-20(28)24-19-10-7-16(12-23-19)21-25-22(31-26-21)18-4-3-11-27(18)13-15-5-8-17(30-2)9-6-15/h5-10,12,18H,3-4,11,13-14H2,1-2H3,(H,23,24,28)/t18-/m0/s1. The molecule has 2 aromatic heterocycles. The van der Waals surface area contributed by atoms with Crippen LogP contribution in [0, 0.1) is 0 Å². The minimum atomic E-state index is -0.261. The van der Waals surface area contributed by atoms with E-state index >= 15 is 0 Å². The first kappa shape index (κ1) is 21.0. The van der Waals surface area contributed by atoms with E-state index in [4.69, 9.17) is 14.0 Å². The Kier molecular flexibility index (Phi) is 6.54. The number of nitrogens with zero attached hydrogens (tertiary/aromatic N) is 4. The van der Waals surface area contributed by atoms with Gasteiger partial charge in [0.25, 0.3) is 5.91 Å². The van der Waals surface area contributed by atoms with E-state index in [1.54, 1.807) is 25.4 Å². The Hall–Kier alpha value is -3.30. The summed E-state index contributed by atoms with van der Waals surface area (Å²) in [4.78, 5) is 22.8. The van der Waals surface area contributed by atoms with Crippen molar-refractivity contribution in [3.8, 4) is 17.1 Å². The maximum absolute atomic E-state index is 11.6. The highest BCUT2D eigenvalue weighted by molar-refractivity contribution is 5.90. The average Bonchev–Trinajstić information content (AvgIpc) is 3.44. The molecule has 0 bridgehead atoms. The summed E-state index contributed by atoms with van der Waals surface area (Å²) in [5.41, 5.74) is 1.93. The lowest BCUT2D eigenvalue weighted by Crippen LogP contribution is -2.23. The van der Waals surface area contributed by atoms with Crippen LogP contribution in [-0.2, 0) is 16.1 Å². The lowest BCUT2D eigenvalue weighted by atomic mass is 10.1. The van der Waals surface area contributed by atoms with Crippen molar-refractivity contribution in [3.63, 3.8) is 0 Å². The van der Waals surface area contributed by atoms with Gasteiger partial charge in [0.05, 0.1) is 13.2 Å². The highest BCUT2D eigenvalue weighted by Gasteiger charge is 2.30. The number of hydrogen-bond donors (Lipinski definition) is 1. The minimum Gasteiger partial charge on any atom is -0.497 e. The summed E-state index contributed by atoms with van der Waals surface area (Å²) < 4.78 is 15.6. The molecular weight excluding hydrogens is 398 g/mol. The van der Waals surface area contributed by atoms with Gasteiger partial charge in [-0.2, -0.15) is 4.98 Å². The molecule has 1 saturated heterocycles. The number of hydrogen-bond acceptors (Lipinski definition) is 8. The second kappa shape index (κ2) is 9.67. The number of rotatable bonds is 8. The van der Waals surface area contributed by atoms with Crippen LogP contribution in [0.25, 0.3) is 11.4 Å². The van der Waals surface area contributed by atoms with Gasteiger partial charge in [-0.05, 0) is 49.2 Å². The van der Waals surface area contributed by atoms with Gasteiger partial charge in [-0.25, -0.2) is 4.98 Å². The Morgan fingerprint density at radius 3 is 2.77 bits per heavy atom. The largest absolute Gasteiger partial charge is 0.497 e. The van der Waals surface area contributed by atoms with Crippen LogP contribution in [0.3, 0.4) is 0 Å². The summed E-state index contributed by atoms with van der Waals surface area (Å²) >= 11 is 0. The van der Waals surface area contributed by atoms with E-state index in [2.05, 4.69) is 37.5 Å². The van der Waals surface area contributed by atoms with Gasteiger partial charge < -0.3 is 19.3 Å². The molecule has 0 saturated carbocycles. The molecule has 31 heavy (non-hydrogen) atoms. The van der Waals surface area contributed by atoms with E-state index in [-0.39, 0.29) is 18.6 Å². The SMILES string of the molecule is COCC(=O)Nc1ccc(-c2noc([C@@H]3CCCN3Cc3ccc(OC)cc3)n2)cn1. The first-order valence-corrected chi connectivity index (χ1v) is 10.1. The molecule has 3 aromatic rings. The van der Waals surface area contributed by atoms with Gasteiger partial charge in [-0.1, -0.05) is 17.3 Å². The van der Waals surface area contributed by atoms with Gasteiger partial charge in [-0.3, -0.25) is 9.69 Å². The van der Waals surface area contributed by atoms with Crippen molar-refractivity contribution >= 4 is 11.7 Å². The summed E-state index contributed by atoms with van der Waals surface area (Å²) in [5, 5.41) is 6.79. The van der Waals surface area contributed by atoms with Crippen molar-refractivity contribution in [1.29, 1.82) is 0 Å². The molecule has 0 radical (unpaired) electrons. The molecule has 9 heteroatoms. The summed E-state index contributed by atoms with van der Waals surface area (Å²) in [5.74, 6) is 2.12. The Morgan fingerprint density at radius 1 is 1.23 bits per heavy atom. The maximum atomic E-state index is 11.6. The molecule has 9 nitrogen and oxygen atoms in total. The number of benzene rings is 1. The van der Waals surface area contributed by atoms with Gasteiger partial charge in [-0.15, -0.1) is 0 Å². The van der Waals surface area contributed by atoms with Crippen LogP contribution in [0.2, 0.25) is 0 Å². The van der Waals surface area contributed by atoms with Gasteiger partial charge in [0.2, 0.25) is 11.7 Å². The molecule has 0 spiro atoms. The second-order valence-corrected chi connectivity index (χ2v) is 7.35. The van der Waals surface area contributed by atoms with E-state index < -0.39 is 0 Å². The van der Waals surface area contributed by atoms with Crippen molar-refractivity contribution in [2.75, 3.05) is 32.7 Å². The van der Waals surface area contributed by atoms with Crippen molar-refractivity contribution in [2.45, 2.75) is 25.4 Å². The zero-order valence-electron chi connectivity index (χ0n) is 17.6. The first-order valence-electron chi connectivity index (χ1n) is 10.1. The van der Waals surface area contributed by atoms with E-state index in [1.165, 1.54) is 12.7 Å². The number of amides is 1. The summed E-state index contributed by atoms with van der Waals surface area (Å²) in [6.45, 7) is 1.77. The molecule has 4 rings (SSSR count). The van der Waals surface area contributed by atoms with Crippen molar-refractivity contribution in [3.05, 3.63) is 54.0 Å². The third-order valence-electron chi connectivity index (χ3n) is 5.20. The number of nitrogens with one attached hydrogen (secondary N) is 1. The minimum absolute atomic E-state index is 0.0218. The van der Waals surface area contributed by atoms with E-state index in [9.17, 15) is 4.79 Å². The Labute approximate surface area is 180 Å². The Bertz CT molecular complexity index is 1000. The van der Waals surface area contributed by atoms with Crippen molar-refractivity contribution in [1.82, 2.24) is 20.0 Å². The lowest BCUT2D eigenvalue weighted by Gasteiger charge is -2.21. The number of carbonyl (C=O) groups excluding carboxylic acids is 1. The topological polar surface area (TPSA) is 103 Å². The maximum Gasteiger partial charge on any atom is 0.251 e. The third kappa shape index (κ3) is 5.07. The van der Waals surface area contributed by atoms with Crippen LogP contribution in [0.15, 0.2) is 47.1 Å². The lowest BCUT2D eigenvalue weighted by molar-refractivity contribution is -0.119. The molecule has 162 valence electrons.